The minimum atomic E-state index is -3.21. The number of aliphatic hydroxyl groups excluding tert-OH is 2. The molecule has 0 radical (unpaired) electrons. The van der Waals surface area contributed by atoms with Crippen LogP contribution in [-0.2, 0) is 9.84 Å². The third kappa shape index (κ3) is 4.26. The minimum absolute atomic E-state index is 0.177. The first-order valence-corrected chi connectivity index (χ1v) is 9.13. The number of sulfone groups is 1. The van der Waals surface area contributed by atoms with Gasteiger partial charge in [0.1, 0.15) is 0 Å². The maximum Gasteiger partial charge on any atom is 0.175 e. The summed E-state index contributed by atoms with van der Waals surface area (Å²) in [7, 11) is -3.21. The van der Waals surface area contributed by atoms with Gasteiger partial charge in [-0.05, 0) is 36.5 Å². The second-order valence-corrected chi connectivity index (χ2v) is 7.76. The predicted molar refractivity (Wildman–Crippen MR) is 80.7 cm³/mol. The second kappa shape index (κ2) is 6.87. The highest BCUT2D eigenvalue weighted by atomic mass is 32.2. The van der Waals surface area contributed by atoms with Gasteiger partial charge in [-0.15, -0.1) is 0 Å². The molecular formula is C15H23NO4S. The normalized spacial score (nSPS) is 24.1. The van der Waals surface area contributed by atoms with E-state index in [0.29, 0.717) is 12.1 Å². The van der Waals surface area contributed by atoms with Gasteiger partial charge in [-0.25, -0.2) is 8.42 Å². The Kier molecular flexibility index (Phi) is 5.37. The Morgan fingerprint density at radius 1 is 1.29 bits per heavy atom. The lowest BCUT2D eigenvalue weighted by atomic mass is 10.0. The van der Waals surface area contributed by atoms with Crippen LogP contribution in [0.2, 0.25) is 0 Å². The molecule has 1 aromatic rings. The third-order valence-electron chi connectivity index (χ3n) is 4.16. The summed E-state index contributed by atoms with van der Waals surface area (Å²) in [6.07, 6.45) is 3.62. The molecule has 3 N–H and O–H groups in total. The van der Waals surface area contributed by atoms with Gasteiger partial charge in [-0.2, -0.15) is 0 Å². The van der Waals surface area contributed by atoms with E-state index in [-0.39, 0.29) is 23.5 Å². The molecular weight excluding hydrogens is 290 g/mol. The molecule has 3 atom stereocenters. The Hall–Kier alpha value is -0.950. The van der Waals surface area contributed by atoms with Crippen molar-refractivity contribution in [1.82, 2.24) is 5.32 Å². The zero-order chi connectivity index (χ0) is 15.5. The van der Waals surface area contributed by atoms with Gasteiger partial charge in [0.05, 0.1) is 11.0 Å². The van der Waals surface area contributed by atoms with E-state index in [9.17, 15) is 18.6 Å². The van der Waals surface area contributed by atoms with Gasteiger partial charge >= 0.3 is 0 Å². The van der Waals surface area contributed by atoms with Crippen molar-refractivity contribution in [1.29, 1.82) is 0 Å². The lowest BCUT2D eigenvalue weighted by Gasteiger charge is -2.21. The zero-order valence-corrected chi connectivity index (χ0v) is 13.0. The number of nitrogens with one attached hydrogen (secondary N) is 1. The SMILES string of the molecule is CS(=O)(=O)c1ccc(C(O)CNC2CCCC2CO)cc1. The van der Waals surface area contributed by atoms with E-state index in [4.69, 9.17) is 0 Å². The van der Waals surface area contributed by atoms with Gasteiger partial charge in [0.25, 0.3) is 0 Å². The quantitative estimate of drug-likeness (QED) is 0.725. The van der Waals surface area contributed by atoms with Crippen LogP contribution >= 0.6 is 0 Å². The first kappa shape index (κ1) is 16.4. The maximum atomic E-state index is 11.4. The molecule has 1 fully saturated rings. The monoisotopic (exact) mass is 313 g/mol. The van der Waals surface area contributed by atoms with E-state index in [1.807, 2.05) is 0 Å². The average Bonchev–Trinajstić information content (AvgIpc) is 2.91. The molecule has 0 spiro atoms. The Morgan fingerprint density at radius 2 is 1.95 bits per heavy atom. The van der Waals surface area contributed by atoms with E-state index in [1.54, 1.807) is 12.1 Å². The van der Waals surface area contributed by atoms with Crippen molar-refractivity contribution in [2.45, 2.75) is 36.3 Å². The van der Waals surface area contributed by atoms with Gasteiger partial charge in [-0.3, -0.25) is 0 Å². The molecule has 0 heterocycles. The van der Waals surface area contributed by atoms with Crippen molar-refractivity contribution >= 4 is 9.84 Å². The van der Waals surface area contributed by atoms with Gasteiger partial charge in [0.2, 0.25) is 0 Å². The van der Waals surface area contributed by atoms with Crippen LogP contribution in [0.1, 0.15) is 30.9 Å². The predicted octanol–water partition coefficient (Wildman–Crippen LogP) is 0.874. The van der Waals surface area contributed by atoms with Crippen LogP contribution in [-0.4, -0.2) is 44.1 Å². The Bertz CT molecular complexity index is 556. The molecule has 1 aromatic carbocycles. The molecule has 6 heteroatoms. The average molecular weight is 313 g/mol. The summed E-state index contributed by atoms with van der Waals surface area (Å²) in [5, 5.41) is 22.7. The van der Waals surface area contributed by atoms with Gasteiger partial charge in [-0.1, -0.05) is 18.6 Å². The van der Waals surface area contributed by atoms with Crippen molar-refractivity contribution in [2.75, 3.05) is 19.4 Å². The fraction of sp³-hybridized carbons (Fsp3) is 0.600. The molecule has 1 saturated carbocycles. The first-order valence-electron chi connectivity index (χ1n) is 7.24. The van der Waals surface area contributed by atoms with Gasteiger partial charge in [0.15, 0.2) is 9.84 Å². The van der Waals surface area contributed by atoms with Crippen molar-refractivity contribution in [2.24, 2.45) is 5.92 Å². The smallest absolute Gasteiger partial charge is 0.175 e. The molecule has 118 valence electrons. The van der Waals surface area contributed by atoms with Crippen LogP contribution in [0, 0.1) is 5.92 Å². The topological polar surface area (TPSA) is 86.6 Å². The Balaban J connectivity index is 1.93. The second-order valence-electron chi connectivity index (χ2n) is 5.75. The summed E-state index contributed by atoms with van der Waals surface area (Å²) >= 11 is 0. The van der Waals surface area contributed by atoms with Gasteiger partial charge < -0.3 is 15.5 Å². The molecule has 1 aliphatic rings. The first-order chi connectivity index (χ1) is 9.91. The molecule has 0 aliphatic heterocycles. The molecule has 0 bridgehead atoms. The van der Waals surface area contributed by atoms with Crippen LogP contribution in [0.5, 0.6) is 0 Å². The van der Waals surface area contributed by atoms with Gasteiger partial charge in [0, 0.05) is 25.4 Å². The summed E-state index contributed by atoms with van der Waals surface area (Å²) in [5.74, 6) is 0.268. The van der Waals surface area contributed by atoms with Crippen molar-refractivity contribution in [3.05, 3.63) is 29.8 Å². The van der Waals surface area contributed by atoms with E-state index < -0.39 is 15.9 Å². The van der Waals surface area contributed by atoms with Crippen LogP contribution in [0.4, 0.5) is 0 Å². The van der Waals surface area contributed by atoms with Crippen LogP contribution < -0.4 is 5.32 Å². The summed E-state index contributed by atoms with van der Waals surface area (Å²) in [4.78, 5) is 0.252. The Morgan fingerprint density at radius 3 is 2.52 bits per heavy atom. The third-order valence-corrected chi connectivity index (χ3v) is 5.29. The number of aliphatic hydroxyl groups is 2. The number of benzene rings is 1. The lowest BCUT2D eigenvalue weighted by molar-refractivity contribution is 0.155. The van der Waals surface area contributed by atoms with Crippen LogP contribution in [0.3, 0.4) is 0 Å². The largest absolute Gasteiger partial charge is 0.396 e. The summed E-state index contributed by atoms with van der Waals surface area (Å²) in [6, 6.07) is 6.56. The lowest BCUT2D eigenvalue weighted by Crippen LogP contribution is -2.36. The molecule has 0 amide bonds. The van der Waals surface area contributed by atoms with E-state index in [2.05, 4.69) is 5.32 Å². The van der Waals surface area contributed by atoms with Crippen LogP contribution in [0.15, 0.2) is 29.2 Å². The highest BCUT2D eigenvalue weighted by Crippen LogP contribution is 2.25. The molecule has 1 aliphatic carbocycles. The van der Waals surface area contributed by atoms with Crippen molar-refractivity contribution < 1.29 is 18.6 Å². The summed E-state index contributed by atoms with van der Waals surface area (Å²) in [5.41, 5.74) is 0.688. The fourth-order valence-electron chi connectivity index (χ4n) is 2.84. The molecule has 3 unspecified atom stereocenters. The highest BCUT2D eigenvalue weighted by Gasteiger charge is 2.26. The molecule has 0 aromatic heterocycles. The van der Waals surface area contributed by atoms with E-state index in [1.165, 1.54) is 12.1 Å². The minimum Gasteiger partial charge on any atom is -0.396 e. The summed E-state index contributed by atoms with van der Waals surface area (Å²) in [6.45, 7) is 0.580. The van der Waals surface area contributed by atoms with E-state index in [0.717, 1.165) is 25.5 Å². The summed E-state index contributed by atoms with van der Waals surface area (Å²) < 4.78 is 22.8. The fourth-order valence-corrected chi connectivity index (χ4v) is 3.47. The number of hydrogen-bond donors (Lipinski definition) is 3. The molecule has 21 heavy (non-hydrogen) atoms. The van der Waals surface area contributed by atoms with Crippen LogP contribution in [0.25, 0.3) is 0 Å². The van der Waals surface area contributed by atoms with Crippen molar-refractivity contribution in [3.63, 3.8) is 0 Å². The maximum absolute atomic E-state index is 11.4. The van der Waals surface area contributed by atoms with E-state index >= 15 is 0 Å². The molecule has 0 saturated heterocycles. The standard InChI is InChI=1S/C15H23NO4S/c1-21(19,20)13-7-5-11(6-8-13)15(18)9-16-14-4-2-3-12(14)10-17/h5-8,12,14-18H,2-4,9-10H2,1H3. The number of hydrogen-bond acceptors (Lipinski definition) is 5. The number of rotatable bonds is 6. The molecule has 5 nitrogen and oxygen atoms in total. The highest BCUT2D eigenvalue weighted by molar-refractivity contribution is 7.90. The Labute approximate surface area is 125 Å². The van der Waals surface area contributed by atoms with Crippen molar-refractivity contribution in [3.8, 4) is 0 Å². The molecule has 2 rings (SSSR count). The zero-order valence-electron chi connectivity index (χ0n) is 12.2.